The molecule has 0 fully saturated rings. The predicted octanol–water partition coefficient (Wildman–Crippen LogP) is 3.93. The number of hydrogen-bond donors (Lipinski definition) is 3. The number of aromatic amines is 1. The van der Waals surface area contributed by atoms with E-state index in [2.05, 4.69) is 20.8 Å². The van der Waals surface area contributed by atoms with Crippen molar-refractivity contribution >= 4 is 41.1 Å². The van der Waals surface area contributed by atoms with Gasteiger partial charge in [0.2, 0.25) is 5.91 Å². The van der Waals surface area contributed by atoms with Crippen molar-refractivity contribution in [1.29, 1.82) is 0 Å². The summed E-state index contributed by atoms with van der Waals surface area (Å²) in [5.41, 5.74) is 1.95. The van der Waals surface area contributed by atoms with Crippen molar-refractivity contribution in [3.63, 3.8) is 0 Å². The Morgan fingerprint density at radius 3 is 2.82 bits per heavy atom. The van der Waals surface area contributed by atoms with E-state index < -0.39 is 6.04 Å². The molecule has 0 aliphatic carbocycles. The molecule has 0 saturated carbocycles. The van der Waals surface area contributed by atoms with Crippen LogP contribution < -0.4 is 10.6 Å². The van der Waals surface area contributed by atoms with Crippen LogP contribution >= 0.6 is 23.6 Å². The molecule has 7 nitrogen and oxygen atoms in total. The second-order valence-corrected chi connectivity index (χ2v) is 7.59. The zero-order valence-electron chi connectivity index (χ0n) is 15.8. The average molecular weight is 416 g/mol. The van der Waals surface area contributed by atoms with Crippen LogP contribution in [0.15, 0.2) is 35.7 Å². The molecule has 1 aromatic carbocycles. The fraction of sp³-hybridized carbons (Fsp3) is 0.263. The van der Waals surface area contributed by atoms with Crippen LogP contribution in [-0.2, 0) is 4.79 Å². The van der Waals surface area contributed by atoms with Crippen LogP contribution in [0.3, 0.4) is 0 Å². The molecule has 1 unspecified atom stereocenters. The van der Waals surface area contributed by atoms with Gasteiger partial charge in [0, 0.05) is 17.8 Å². The molecule has 0 radical (unpaired) electrons. The molecular formula is C19H21N5O2S2. The minimum Gasteiger partial charge on any atom is -0.352 e. The molecule has 0 aliphatic rings. The number of carbonyl (C=O) groups is 2. The van der Waals surface area contributed by atoms with E-state index in [1.165, 1.54) is 11.3 Å². The Hall–Kier alpha value is -2.78. The van der Waals surface area contributed by atoms with E-state index >= 15 is 0 Å². The molecule has 146 valence electrons. The number of anilines is 1. The van der Waals surface area contributed by atoms with Crippen molar-refractivity contribution < 1.29 is 9.59 Å². The third kappa shape index (κ3) is 4.05. The molecular weight excluding hydrogens is 394 g/mol. The van der Waals surface area contributed by atoms with Crippen molar-refractivity contribution in [2.75, 3.05) is 11.9 Å². The monoisotopic (exact) mass is 415 g/mol. The highest BCUT2D eigenvalue weighted by atomic mass is 32.1. The highest BCUT2D eigenvalue weighted by Gasteiger charge is 2.22. The van der Waals surface area contributed by atoms with E-state index in [1.54, 1.807) is 23.6 Å². The van der Waals surface area contributed by atoms with Gasteiger partial charge in [-0.05, 0) is 62.1 Å². The number of H-pyrrole nitrogens is 1. The van der Waals surface area contributed by atoms with Crippen molar-refractivity contribution in [2.45, 2.75) is 26.8 Å². The summed E-state index contributed by atoms with van der Waals surface area (Å²) in [5.74, 6) is 0.199. The van der Waals surface area contributed by atoms with Gasteiger partial charge in [-0.15, -0.1) is 11.3 Å². The first-order valence-corrected chi connectivity index (χ1v) is 10.1. The quantitative estimate of drug-likeness (QED) is 0.532. The fourth-order valence-corrected chi connectivity index (χ4v) is 3.76. The Labute approximate surface area is 171 Å². The summed E-state index contributed by atoms with van der Waals surface area (Å²) in [6.07, 6.45) is 0. The Bertz CT molecular complexity index is 1050. The molecule has 2 amide bonds. The lowest BCUT2D eigenvalue weighted by Gasteiger charge is -2.17. The SMILES string of the molecule is CCNC(=O)c1ccc(C)c(NC(=O)C(C)n2c(-c3cccs3)n[nH]c2=S)c1. The van der Waals surface area contributed by atoms with Crippen molar-refractivity contribution in [3.05, 3.63) is 51.6 Å². The van der Waals surface area contributed by atoms with Gasteiger partial charge >= 0.3 is 0 Å². The number of carbonyl (C=O) groups excluding carboxylic acids is 2. The van der Waals surface area contributed by atoms with Gasteiger partial charge in [0.05, 0.1) is 4.88 Å². The lowest BCUT2D eigenvalue weighted by Crippen LogP contribution is -2.26. The topological polar surface area (TPSA) is 91.8 Å². The molecule has 2 aromatic heterocycles. The van der Waals surface area contributed by atoms with Crippen LogP contribution in [0.1, 0.15) is 35.8 Å². The number of nitrogens with one attached hydrogen (secondary N) is 3. The smallest absolute Gasteiger partial charge is 0.251 e. The first-order chi connectivity index (χ1) is 13.4. The fourth-order valence-electron chi connectivity index (χ4n) is 2.76. The second-order valence-electron chi connectivity index (χ2n) is 6.25. The van der Waals surface area contributed by atoms with Gasteiger partial charge in [-0.1, -0.05) is 12.1 Å². The third-order valence-corrected chi connectivity index (χ3v) is 5.46. The number of benzene rings is 1. The maximum atomic E-state index is 12.9. The molecule has 0 bridgehead atoms. The summed E-state index contributed by atoms with van der Waals surface area (Å²) in [4.78, 5) is 25.9. The first kappa shape index (κ1) is 20.0. The molecule has 2 heterocycles. The Kier molecular flexibility index (Phi) is 6.05. The number of amides is 2. The molecule has 9 heteroatoms. The molecule has 1 atom stereocenters. The molecule has 0 aliphatic heterocycles. The summed E-state index contributed by atoms with van der Waals surface area (Å²) in [7, 11) is 0. The number of thiophene rings is 1. The number of aryl methyl sites for hydroxylation is 1. The van der Waals surface area contributed by atoms with E-state index in [1.807, 2.05) is 37.4 Å². The number of aromatic nitrogens is 3. The van der Waals surface area contributed by atoms with Crippen LogP contribution in [0.5, 0.6) is 0 Å². The van der Waals surface area contributed by atoms with Gasteiger partial charge < -0.3 is 10.6 Å². The maximum Gasteiger partial charge on any atom is 0.251 e. The number of nitrogens with zero attached hydrogens (tertiary/aromatic N) is 2. The van der Waals surface area contributed by atoms with Crippen LogP contribution in [0.4, 0.5) is 5.69 Å². The highest BCUT2D eigenvalue weighted by Crippen LogP contribution is 2.26. The van der Waals surface area contributed by atoms with Gasteiger partial charge in [0.15, 0.2) is 10.6 Å². The highest BCUT2D eigenvalue weighted by molar-refractivity contribution is 7.71. The normalized spacial score (nSPS) is 11.8. The van der Waals surface area contributed by atoms with Gasteiger partial charge in [0.1, 0.15) is 6.04 Å². The van der Waals surface area contributed by atoms with Gasteiger partial charge in [-0.2, -0.15) is 5.10 Å². The minimum absolute atomic E-state index is 0.178. The maximum absolute atomic E-state index is 12.9. The number of rotatable bonds is 6. The third-order valence-electron chi connectivity index (χ3n) is 4.31. The average Bonchev–Trinajstić information content (AvgIpc) is 3.32. The van der Waals surface area contributed by atoms with Gasteiger partial charge in [-0.3, -0.25) is 19.3 Å². The standard InChI is InChI=1S/C19H21N5O2S2/c1-4-20-18(26)13-8-7-11(2)14(10-13)21-17(25)12(3)24-16(22-23-19(24)27)15-6-5-9-28-15/h5-10,12H,4H2,1-3H3,(H,20,26)(H,21,25)(H,23,27). The van der Waals surface area contributed by atoms with Crippen LogP contribution in [0.2, 0.25) is 0 Å². The van der Waals surface area contributed by atoms with E-state index in [0.29, 0.717) is 28.4 Å². The van der Waals surface area contributed by atoms with Crippen LogP contribution in [0.25, 0.3) is 10.7 Å². The molecule has 3 aromatic rings. The van der Waals surface area contributed by atoms with E-state index in [-0.39, 0.29) is 11.8 Å². The van der Waals surface area contributed by atoms with E-state index in [4.69, 9.17) is 12.2 Å². The largest absolute Gasteiger partial charge is 0.352 e. The second kappa shape index (κ2) is 8.49. The van der Waals surface area contributed by atoms with Gasteiger partial charge in [-0.25, -0.2) is 0 Å². The predicted molar refractivity (Wildman–Crippen MR) is 113 cm³/mol. The van der Waals surface area contributed by atoms with Gasteiger partial charge in [0.25, 0.3) is 5.91 Å². The summed E-state index contributed by atoms with van der Waals surface area (Å²) >= 11 is 6.86. The molecule has 28 heavy (non-hydrogen) atoms. The van der Waals surface area contributed by atoms with Crippen molar-refractivity contribution in [2.24, 2.45) is 0 Å². The first-order valence-electron chi connectivity index (χ1n) is 8.82. The number of hydrogen-bond acceptors (Lipinski definition) is 5. The molecule has 3 rings (SSSR count). The summed E-state index contributed by atoms with van der Waals surface area (Å²) in [6.45, 7) is 6.04. The molecule has 0 spiro atoms. The lowest BCUT2D eigenvalue weighted by molar-refractivity contribution is -0.118. The van der Waals surface area contributed by atoms with E-state index in [0.717, 1.165) is 10.4 Å². The van der Waals surface area contributed by atoms with Crippen molar-refractivity contribution in [3.8, 4) is 10.7 Å². The van der Waals surface area contributed by atoms with Crippen LogP contribution in [0, 0.1) is 11.7 Å². The summed E-state index contributed by atoms with van der Waals surface area (Å²) in [5, 5.41) is 14.6. The lowest BCUT2D eigenvalue weighted by atomic mass is 10.1. The summed E-state index contributed by atoms with van der Waals surface area (Å²) in [6, 6.07) is 8.49. The minimum atomic E-state index is -0.587. The summed E-state index contributed by atoms with van der Waals surface area (Å²) < 4.78 is 2.07. The van der Waals surface area contributed by atoms with Crippen LogP contribution in [-0.4, -0.2) is 33.1 Å². The van der Waals surface area contributed by atoms with E-state index in [9.17, 15) is 9.59 Å². The molecule has 0 saturated heterocycles. The Morgan fingerprint density at radius 1 is 1.36 bits per heavy atom. The molecule has 3 N–H and O–H groups in total. The zero-order valence-corrected chi connectivity index (χ0v) is 17.4. The Balaban J connectivity index is 1.86. The van der Waals surface area contributed by atoms with Crippen molar-refractivity contribution in [1.82, 2.24) is 20.1 Å². The zero-order chi connectivity index (χ0) is 20.3. The Morgan fingerprint density at radius 2 is 2.14 bits per heavy atom.